The summed E-state index contributed by atoms with van der Waals surface area (Å²) < 4.78 is 6.17. The van der Waals surface area contributed by atoms with E-state index in [2.05, 4.69) is 29.1 Å². The van der Waals surface area contributed by atoms with Gasteiger partial charge in [0.15, 0.2) is 0 Å². The minimum atomic E-state index is -0.923. The van der Waals surface area contributed by atoms with E-state index in [0.717, 1.165) is 17.8 Å². The summed E-state index contributed by atoms with van der Waals surface area (Å²) in [5.41, 5.74) is 0.568. The van der Waals surface area contributed by atoms with Crippen LogP contribution < -0.4 is 4.65 Å². The van der Waals surface area contributed by atoms with Crippen LogP contribution in [0, 0.1) is 24.5 Å². The predicted molar refractivity (Wildman–Crippen MR) is 135 cm³/mol. The molecule has 0 bridgehead atoms. The first kappa shape index (κ1) is 24.6. The molecule has 1 saturated heterocycles. The first-order chi connectivity index (χ1) is 15.6. The van der Waals surface area contributed by atoms with Crippen LogP contribution in [0.5, 0.6) is 0 Å². The zero-order valence-electron chi connectivity index (χ0n) is 19.4. The Morgan fingerprint density at radius 3 is 2.85 bits per heavy atom. The lowest BCUT2D eigenvalue weighted by Gasteiger charge is -2.39. The Labute approximate surface area is 207 Å². The minimum absolute atomic E-state index is 0.0369. The third-order valence-corrected chi connectivity index (χ3v) is 10.1. The van der Waals surface area contributed by atoms with Gasteiger partial charge in [-0.05, 0) is 62.0 Å². The molecule has 0 N–H and O–H groups in total. The highest BCUT2D eigenvalue weighted by Crippen LogP contribution is 2.43. The van der Waals surface area contributed by atoms with E-state index in [1.165, 1.54) is 27.5 Å². The number of thiophene rings is 1. The predicted octanol–water partition coefficient (Wildman–Crippen LogP) is 5.11. The third-order valence-electron chi connectivity index (χ3n) is 6.42. The van der Waals surface area contributed by atoms with Gasteiger partial charge < -0.3 is 9.94 Å². The molecule has 0 amide bonds. The molecule has 2 aliphatic rings. The van der Waals surface area contributed by atoms with Gasteiger partial charge in [-0.25, -0.2) is 4.90 Å². The van der Waals surface area contributed by atoms with Crippen molar-refractivity contribution in [3.8, 4) is 12.3 Å². The molecule has 2 aromatic rings. The zero-order chi connectivity index (χ0) is 23.8. The van der Waals surface area contributed by atoms with Gasteiger partial charge in [0.2, 0.25) is 0 Å². The van der Waals surface area contributed by atoms with Crippen LogP contribution in [-0.4, -0.2) is 51.3 Å². The first-order valence-electron chi connectivity index (χ1n) is 11.2. The van der Waals surface area contributed by atoms with Crippen LogP contribution in [0.1, 0.15) is 62.9 Å². The number of hydrogen-bond donors (Lipinski definition) is 0. The number of aryl methyl sites for hydroxylation is 1. The van der Waals surface area contributed by atoms with Crippen LogP contribution in [0.3, 0.4) is 0 Å². The van der Waals surface area contributed by atoms with Gasteiger partial charge in [0.05, 0.1) is 22.7 Å². The monoisotopic (exact) mass is 506 g/mol. The number of nitrogens with zero attached hydrogens (tertiary/aromatic N) is 4. The van der Waals surface area contributed by atoms with Crippen molar-refractivity contribution in [3.63, 3.8) is 0 Å². The fourth-order valence-corrected chi connectivity index (χ4v) is 7.32. The smallest absolute Gasteiger partial charge is 0.311 e. The highest BCUT2D eigenvalue weighted by atomic mass is 32.2. The van der Waals surface area contributed by atoms with Crippen LogP contribution in [0.15, 0.2) is 15.7 Å². The van der Waals surface area contributed by atoms with E-state index in [-0.39, 0.29) is 30.9 Å². The summed E-state index contributed by atoms with van der Waals surface area (Å²) in [6.45, 7) is 8.19. The van der Waals surface area contributed by atoms with Crippen molar-refractivity contribution in [2.75, 3.05) is 13.2 Å². The lowest BCUT2D eigenvalue weighted by Crippen LogP contribution is -2.51. The number of aromatic nitrogens is 2. The largest absolute Gasteiger partial charge is 0.622 e. The molecule has 4 rings (SSSR count). The summed E-state index contributed by atoms with van der Waals surface area (Å²) in [4.78, 5) is 14.8. The van der Waals surface area contributed by atoms with Gasteiger partial charge >= 0.3 is 11.1 Å². The molecule has 7 nitrogen and oxygen atoms in total. The van der Waals surface area contributed by atoms with Gasteiger partial charge in [-0.15, -0.1) is 34.6 Å². The molecule has 3 atom stereocenters. The van der Waals surface area contributed by atoms with Gasteiger partial charge in [-0.3, -0.25) is 9.44 Å². The van der Waals surface area contributed by atoms with Gasteiger partial charge in [-0.1, -0.05) is 24.4 Å². The SMILES string of the molecule is C#CC(C)(C)N1CC(OC(=O)CC(C)Sc2sccc2C)[N+]([O-])(c2nnc(C3CCC3)s2)C1. The second-order valence-electron chi connectivity index (χ2n) is 9.38. The number of quaternary nitrogens is 1. The van der Waals surface area contributed by atoms with Crippen molar-refractivity contribution < 1.29 is 9.53 Å². The van der Waals surface area contributed by atoms with Gasteiger partial charge in [0.25, 0.3) is 6.23 Å². The van der Waals surface area contributed by atoms with Crippen LogP contribution >= 0.6 is 34.4 Å². The summed E-state index contributed by atoms with van der Waals surface area (Å²) in [5, 5.41) is 26.0. The summed E-state index contributed by atoms with van der Waals surface area (Å²) in [5.74, 6) is 2.77. The summed E-state index contributed by atoms with van der Waals surface area (Å²) in [6.07, 6.45) is 8.39. The maximum absolute atomic E-state index is 14.1. The van der Waals surface area contributed by atoms with E-state index in [4.69, 9.17) is 11.2 Å². The molecule has 3 unspecified atom stereocenters. The quantitative estimate of drug-likeness (QED) is 0.162. The summed E-state index contributed by atoms with van der Waals surface area (Å²) >= 11 is 4.68. The van der Waals surface area contributed by atoms with Crippen molar-refractivity contribution in [2.45, 2.75) is 80.5 Å². The number of thioether (sulfide) groups is 1. The van der Waals surface area contributed by atoms with E-state index >= 15 is 0 Å². The van der Waals surface area contributed by atoms with Crippen molar-refractivity contribution in [1.29, 1.82) is 0 Å². The number of carbonyl (C=O) groups excluding carboxylic acids is 1. The second kappa shape index (κ2) is 9.64. The molecule has 178 valence electrons. The van der Waals surface area contributed by atoms with Crippen molar-refractivity contribution in [2.24, 2.45) is 0 Å². The minimum Gasteiger partial charge on any atom is -0.622 e. The maximum Gasteiger partial charge on any atom is 0.311 e. The molecule has 0 spiro atoms. The highest BCUT2D eigenvalue weighted by molar-refractivity contribution is 8.01. The Morgan fingerprint density at radius 2 is 2.24 bits per heavy atom. The summed E-state index contributed by atoms with van der Waals surface area (Å²) in [7, 11) is 0. The van der Waals surface area contributed by atoms with Gasteiger partial charge in [-0.2, -0.15) is 0 Å². The molecule has 1 aliphatic heterocycles. The Bertz CT molecular complexity index is 1040. The van der Waals surface area contributed by atoms with Crippen LogP contribution in [0.4, 0.5) is 5.13 Å². The molecule has 10 heteroatoms. The number of rotatable bonds is 8. The van der Waals surface area contributed by atoms with E-state index in [1.807, 2.05) is 31.1 Å². The summed E-state index contributed by atoms with van der Waals surface area (Å²) in [6, 6.07) is 2.07. The zero-order valence-corrected chi connectivity index (χ0v) is 21.9. The third kappa shape index (κ3) is 5.14. The topological polar surface area (TPSA) is 78.4 Å². The average molecular weight is 507 g/mol. The van der Waals surface area contributed by atoms with Crippen LogP contribution in [0.25, 0.3) is 0 Å². The van der Waals surface area contributed by atoms with Crippen LogP contribution in [-0.2, 0) is 9.53 Å². The molecule has 0 aromatic carbocycles. The molecule has 2 fully saturated rings. The normalized spacial score (nSPS) is 24.9. The first-order valence-corrected chi connectivity index (χ1v) is 13.8. The van der Waals surface area contributed by atoms with E-state index in [1.54, 1.807) is 23.1 Å². The molecule has 3 heterocycles. The van der Waals surface area contributed by atoms with Gasteiger partial charge in [0, 0.05) is 11.2 Å². The molecule has 1 saturated carbocycles. The molecular formula is C23H30N4O3S3. The molecule has 0 radical (unpaired) electrons. The molecule has 1 aliphatic carbocycles. The lowest BCUT2D eigenvalue weighted by molar-refractivity contribution is -0.153. The highest BCUT2D eigenvalue weighted by Gasteiger charge is 2.50. The Hall–Kier alpha value is -1.48. The van der Waals surface area contributed by atoms with Crippen molar-refractivity contribution in [3.05, 3.63) is 27.2 Å². The number of hydrogen-bond acceptors (Lipinski definition) is 9. The number of terminal acetylenes is 1. The van der Waals surface area contributed by atoms with Gasteiger partial charge in [0.1, 0.15) is 11.7 Å². The number of esters is 1. The maximum atomic E-state index is 14.1. The van der Waals surface area contributed by atoms with E-state index in [9.17, 15) is 10.0 Å². The Balaban J connectivity index is 1.49. The fraction of sp³-hybridized carbons (Fsp3) is 0.609. The second-order valence-corrected chi connectivity index (χ2v) is 13.0. The van der Waals surface area contributed by atoms with Crippen molar-refractivity contribution in [1.82, 2.24) is 19.7 Å². The standard InChI is InChI=1S/C23H30N4O3S3/c1-6-23(4,5)26-13-18(30-19(28)12-16(3)32-21-15(2)10-11-31-21)27(29,14-26)22-25-24-20(33-22)17-8-7-9-17/h1,10-11,16-18H,7-9,12-14H2,2-5H3. The Kier molecular flexibility index (Phi) is 7.20. The molecular weight excluding hydrogens is 476 g/mol. The average Bonchev–Trinajstić information content (AvgIpc) is 3.42. The number of carbonyl (C=O) groups is 1. The Morgan fingerprint density at radius 1 is 1.48 bits per heavy atom. The van der Waals surface area contributed by atoms with Crippen molar-refractivity contribution >= 4 is 45.5 Å². The fourth-order valence-electron chi connectivity index (χ4n) is 3.86. The lowest BCUT2D eigenvalue weighted by atomic mass is 9.86. The number of hydroxylamine groups is 2. The molecule has 33 heavy (non-hydrogen) atoms. The van der Waals surface area contributed by atoms with E-state index < -0.39 is 16.4 Å². The molecule has 2 aromatic heterocycles. The van der Waals surface area contributed by atoms with E-state index in [0.29, 0.717) is 11.0 Å². The van der Waals surface area contributed by atoms with Crippen LogP contribution in [0.2, 0.25) is 0 Å². The number of ether oxygens (including phenoxy) is 1.